The quantitative estimate of drug-likeness (QED) is 0.666. The minimum Gasteiger partial charge on any atom is -0.438 e. The number of aromatic nitrogens is 1. The first kappa shape index (κ1) is 13.8. The second kappa shape index (κ2) is 6.01. The highest BCUT2D eigenvalue weighted by Gasteiger charge is 2.11. The minimum absolute atomic E-state index is 0.00608. The normalized spacial score (nSPS) is 10.1. The summed E-state index contributed by atoms with van der Waals surface area (Å²) in [5.41, 5.74) is 0.805. The number of benzene rings is 1. The summed E-state index contributed by atoms with van der Waals surface area (Å²) in [7, 11) is 0. The van der Waals surface area contributed by atoms with E-state index in [2.05, 4.69) is 10.3 Å². The number of pyridine rings is 1. The van der Waals surface area contributed by atoms with Crippen molar-refractivity contribution >= 4 is 11.5 Å². The number of aryl methyl sites for hydroxylation is 1. The van der Waals surface area contributed by atoms with Gasteiger partial charge in [0, 0.05) is 18.7 Å². The van der Waals surface area contributed by atoms with Crippen LogP contribution in [0, 0.1) is 17.0 Å². The highest BCUT2D eigenvalue weighted by atomic mass is 16.6. The number of nitro benzene ring substituents is 1. The number of non-ortho nitro benzene ring substituents is 1. The van der Waals surface area contributed by atoms with Gasteiger partial charge in [-0.3, -0.25) is 10.1 Å². The number of hydrogen-bond acceptors (Lipinski definition) is 5. The summed E-state index contributed by atoms with van der Waals surface area (Å²) in [6.45, 7) is 4.55. The molecule has 20 heavy (non-hydrogen) atoms. The number of ether oxygens (including phenoxy) is 1. The minimum atomic E-state index is -0.450. The third-order valence-electron chi connectivity index (χ3n) is 2.68. The zero-order chi connectivity index (χ0) is 14.5. The summed E-state index contributed by atoms with van der Waals surface area (Å²) in [6, 6.07) is 9.85. The Balaban J connectivity index is 2.27. The molecule has 1 aromatic heterocycles. The van der Waals surface area contributed by atoms with Gasteiger partial charge in [0.15, 0.2) is 0 Å². The van der Waals surface area contributed by atoms with Crippen LogP contribution in [0.1, 0.15) is 12.5 Å². The first-order valence-electron chi connectivity index (χ1n) is 6.24. The Morgan fingerprint density at radius 3 is 2.85 bits per heavy atom. The van der Waals surface area contributed by atoms with E-state index in [0.717, 1.165) is 12.1 Å². The van der Waals surface area contributed by atoms with Crippen molar-refractivity contribution < 1.29 is 9.66 Å². The van der Waals surface area contributed by atoms with E-state index in [-0.39, 0.29) is 5.69 Å². The van der Waals surface area contributed by atoms with Gasteiger partial charge in [0.05, 0.1) is 11.0 Å². The van der Waals surface area contributed by atoms with Gasteiger partial charge in [-0.15, -0.1) is 0 Å². The van der Waals surface area contributed by atoms with E-state index in [1.54, 1.807) is 12.1 Å². The molecule has 0 bridgehead atoms. The van der Waals surface area contributed by atoms with Crippen LogP contribution in [-0.4, -0.2) is 16.5 Å². The lowest BCUT2D eigenvalue weighted by Crippen LogP contribution is -2.00. The van der Waals surface area contributed by atoms with Gasteiger partial charge in [0.1, 0.15) is 11.6 Å². The van der Waals surface area contributed by atoms with Crippen LogP contribution < -0.4 is 10.1 Å². The third-order valence-corrected chi connectivity index (χ3v) is 2.68. The van der Waals surface area contributed by atoms with Gasteiger partial charge in [0.25, 0.3) is 5.69 Å². The fourth-order valence-corrected chi connectivity index (χ4v) is 1.68. The molecule has 2 aromatic rings. The fraction of sp³-hybridized carbons (Fsp3) is 0.214. The van der Waals surface area contributed by atoms with Crippen LogP contribution in [0.2, 0.25) is 0 Å². The molecular formula is C14H15N3O3. The van der Waals surface area contributed by atoms with Crippen LogP contribution >= 0.6 is 0 Å². The Morgan fingerprint density at radius 1 is 1.35 bits per heavy atom. The predicted octanol–water partition coefficient (Wildman–Crippen LogP) is 3.52. The van der Waals surface area contributed by atoms with Crippen LogP contribution in [0.15, 0.2) is 36.4 Å². The van der Waals surface area contributed by atoms with Gasteiger partial charge < -0.3 is 10.1 Å². The number of rotatable bonds is 5. The lowest BCUT2D eigenvalue weighted by atomic mass is 10.2. The zero-order valence-corrected chi connectivity index (χ0v) is 11.3. The Morgan fingerprint density at radius 2 is 2.15 bits per heavy atom. The standard InChI is InChI=1S/C14H15N3O3/c1-3-15-13-5-4-6-14(16-13)20-12-9-11(17(18)19)8-7-10(12)2/h4-9H,3H2,1-2H3,(H,15,16). The molecule has 1 aromatic carbocycles. The molecule has 0 aliphatic heterocycles. The molecule has 0 fully saturated rings. The summed E-state index contributed by atoms with van der Waals surface area (Å²) < 4.78 is 5.63. The number of nitrogens with one attached hydrogen (secondary N) is 1. The molecule has 6 nitrogen and oxygen atoms in total. The van der Waals surface area contributed by atoms with Crippen LogP contribution in [0.25, 0.3) is 0 Å². The van der Waals surface area contributed by atoms with Crippen LogP contribution in [0.4, 0.5) is 11.5 Å². The van der Waals surface area contributed by atoms with Gasteiger partial charge >= 0.3 is 0 Å². The number of hydrogen-bond donors (Lipinski definition) is 1. The lowest BCUT2D eigenvalue weighted by molar-refractivity contribution is -0.384. The molecule has 0 atom stereocenters. The van der Waals surface area contributed by atoms with Crippen molar-refractivity contribution in [2.45, 2.75) is 13.8 Å². The largest absolute Gasteiger partial charge is 0.438 e. The Hall–Kier alpha value is -2.63. The number of nitro groups is 1. The van der Waals surface area contributed by atoms with Crippen molar-refractivity contribution in [1.29, 1.82) is 0 Å². The first-order chi connectivity index (χ1) is 9.60. The van der Waals surface area contributed by atoms with Gasteiger partial charge in [-0.1, -0.05) is 6.07 Å². The molecule has 0 saturated heterocycles. The van der Waals surface area contributed by atoms with Gasteiger partial charge in [0.2, 0.25) is 5.88 Å². The monoisotopic (exact) mass is 273 g/mol. The summed E-state index contributed by atoms with van der Waals surface area (Å²) in [5, 5.41) is 13.9. The van der Waals surface area contributed by atoms with Crippen molar-refractivity contribution in [1.82, 2.24) is 4.98 Å². The Kier molecular flexibility index (Phi) is 4.14. The molecule has 1 N–H and O–H groups in total. The molecule has 0 unspecified atom stereocenters. The highest BCUT2D eigenvalue weighted by Crippen LogP contribution is 2.28. The fourth-order valence-electron chi connectivity index (χ4n) is 1.68. The SMILES string of the molecule is CCNc1cccc(Oc2cc([N+](=O)[O-])ccc2C)n1. The maximum atomic E-state index is 10.8. The third kappa shape index (κ3) is 3.23. The van der Waals surface area contributed by atoms with Crippen molar-refractivity contribution in [2.24, 2.45) is 0 Å². The van der Waals surface area contributed by atoms with E-state index >= 15 is 0 Å². The average Bonchev–Trinajstić information content (AvgIpc) is 2.42. The van der Waals surface area contributed by atoms with Gasteiger partial charge in [-0.25, -0.2) is 0 Å². The molecule has 2 rings (SSSR count). The van der Waals surface area contributed by atoms with Crippen LogP contribution in [0.5, 0.6) is 11.6 Å². The van der Waals surface area contributed by atoms with Crippen molar-refractivity contribution in [3.8, 4) is 11.6 Å². The average molecular weight is 273 g/mol. The highest BCUT2D eigenvalue weighted by molar-refractivity contribution is 5.46. The molecular weight excluding hydrogens is 258 g/mol. The summed E-state index contributed by atoms with van der Waals surface area (Å²) in [5.74, 6) is 1.53. The van der Waals surface area contributed by atoms with Crippen molar-refractivity contribution in [3.05, 3.63) is 52.1 Å². The maximum absolute atomic E-state index is 10.8. The first-order valence-corrected chi connectivity index (χ1v) is 6.24. The summed E-state index contributed by atoms with van der Waals surface area (Å²) in [6.07, 6.45) is 0. The molecule has 6 heteroatoms. The van der Waals surface area contributed by atoms with E-state index < -0.39 is 4.92 Å². The number of anilines is 1. The molecule has 104 valence electrons. The molecule has 0 amide bonds. The van der Waals surface area contributed by atoms with E-state index in [1.165, 1.54) is 12.1 Å². The van der Waals surface area contributed by atoms with E-state index in [4.69, 9.17) is 4.74 Å². The Bertz CT molecular complexity index is 629. The van der Waals surface area contributed by atoms with Crippen LogP contribution in [0.3, 0.4) is 0 Å². The Labute approximate surface area is 116 Å². The molecule has 0 saturated carbocycles. The maximum Gasteiger partial charge on any atom is 0.273 e. The molecule has 0 aliphatic carbocycles. The zero-order valence-electron chi connectivity index (χ0n) is 11.3. The molecule has 0 radical (unpaired) electrons. The summed E-state index contributed by atoms with van der Waals surface area (Å²) in [4.78, 5) is 14.6. The smallest absolute Gasteiger partial charge is 0.273 e. The second-order valence-corrected chi connectivity index (χ2v) is 4.20. The molecule has 1 heterocycles. The van der Waals surface area contributed by atoms with Gasteiger partial charge in [-0.2, -0.15) is 4.98 Å². The lowest BCUT2D eigenvalue weighted by Gasteiger charge is -2.09. The van der Waals surface area contributed by atoms with Crippen molar-refractivity contribution in [3.63, 3.8) is 0 Å². The van der Waals surface area contributed by atoms with E-state index in [9.17, 15) is 10.1 Å². The summed E-state index contributed by atoms with van der Waals surface area (Å²) >= 11 is 0. The predicted molar refractivity (Wildman–Crippen MR) is 76.3 cm³/mol. The molecule has 0 aliphatic rings. The van der Waals surface area contributed by atoms with Gasteiger partial charge in [-0.05, 0) is 31.5 Å². The second-order valence-electron chi connectivity index (χ2n) is 4.20. The van der Waals surface area contributed by atoms with E-state index in [0.29, 0.717) is 17.4 Å². The molecule has 0 spiro atoms. The van der Waals surface area contributed by atoms with Crippen LogP contribution in [-0.2, 0) is 0 Å². The van der Waals surface area contributed by atoms with E-state index in [1.807, 2.05) is 26.0 Å². The number of nitrogens with zero attached hydrogens (tertiary/aromatic N) is 2. The topological polar surface area (TPSA) is 77.3 Å². The van der Waals surface area contributed by atoms with Crippen molar-refractivity contribution in [2.75, 3.05) is 11.9 Å².